The number of hydrogen-bond acceptors (Lipinski definition) is 3. The van der Waals surface area contributed by atoms with Crippen molar-refractivity contribution in [3.63, 3.8) is 0 Å². The van der Waals surface area contributed by atoms with Gasteiger partial charge in [0, 0.05) is 11.8 Å². The molecule has 0 spiro atoms. The van der Waals surface area contributed by atoms with Gasteiger partial charge in [0.05, 0.1) is 10.6 Å². The molecule has 0 aliphatic heterocycles. The highest BCUT2D eigenvalue weighted by Crippen LogP contribution is 2.17. The van der Waals surface area contributed by atoms with Gasteiger partial charge in [-0.15, -0.1) is 11.3 Å². The van der Waals surface area contributed by atoms with Crippen LogP contribution >= 0.6 is 11.3 Å². The van der Waals surface area contributed by atoms with Gasteiger partial charge in [-0.1, -0.05) is 6.92 Å². The molecule has 76 valence electrons. The Hall–Kier alpha value is -1.16. The van der Waals surface area contributed by atoms with Gasteiger partial charge in [0.2, 0.25) is 5.91 Å². The first-order valence-electron chi connectivity index (χ1n) is 4.53. The number of nitrogens with zero attached hydrogens (tertiary/aromatic N) is 1. The molecule has 14 heavy (non-hydrogen) atoms. The van der Waals surface area contributed by atoms with E-state index in [4.69, 9.17) is 0 Å². The third kappa shape index (κ3) is 2.96. The van der Waals surface area contributed by atoms with Gasteiger partial charge in [0.25, 0.3) is 0 Å². The number of carbonyl (C=O) groups excluding carboxylic acids is 1. The molecule has 0 fully saturated rings. The van der Waals surface area contributed by atoms with Gasteiger partial charge >= 0.3 is 0 Å². The maximum atomic E-state index is 10.6. The first-order valence-corrected chi connectivity index (χ1v) is 5.35. The largest absolute Gasteiger partial charge is 0.274 e. The SMILES string of the molecule is CCc1ccc(/C(C)=N\NC(C)=O)s1. The second kappa shape index (κ2) is 4.91. The van der Waals surface area contributed by atoms with Gasteiger partial charge in [0.15, 0.2) is 0 Å². The Balaban J connectivity index is 2.73. The topological polar surface area (TPSA) is 41.5 Å². The Morgan fingerprint density at radius 1 is 1.50 bits per heavy atom. The maximum absolute atomic E-state index is 10.6. The number of hydrazone groups is 1. The first-order chi connectivity index (χ1) is 6.63. The molecule has 1 N–H and O–H groups in total. The second-order valence-electron chi connectivity index (χ2n) is 2.98. The molecular formula is C10H14N2OS. The molecule has 0 aliphatic carbocycles. The number of hydrogen-bond donors (Lipinski definition) is 1. The van der Waals surface area contributed by atoms with Crippen LogP contribution in [0.3, 0.4) is 0 Å². The van der Waals surface area contributed by atoms with Crippen LogP contribution in [0.25, 0.3) is 0 Å². The molecule has 1 amide bonds. The number of nitrogens with one attached hydrogen (secondary N) is 1. The van der Waals surface area contributed by atoms with Crippen LogP contribution < -0.4 is 5.43 Å². The summed E-state index contributed by atoms with van der Waals surface area (Å²) in [5.74, 6) is -0.142. The normalized spacial score (nSPS) is 11.5. The highest BCUT2D eigenvalue weighted by molar-refractivity contribution is 7.14. The zero-order chi connectivity index (χ0) is 10.6. The molecular weight excluding hydrogens is 196 g/mol. The van der Waals surface area contributed by atoms with Gasteiger partial charge in [-0.25, -0.2) is 5.43 Å². The summed E-state index contributed by atoms with van der Waals surface area (Å²) in [6.07, 6.45) is 1.04. The molecule has 0 unspecified atom stereocenters. The molecule has 4 heteroatoms. The summed E-state index contributed by atoms with van der Waals surface area (Å²) in [6.45, 7) is 5.46. The molecule has 0 radical (unpaired) electrons. The number of amides is 1. The molecule has 0 atom stereocenters. The van der Waals surface area contributed by atoms with Gasteiger partial charge in [-0.3, -0.25) is 4.79 Å². The number of rotatable bonds is 3. The standard InChI is InChI=1S/C10H14N2OS/c1-4-9-5-6-10(14-9)7(2)11-12-8(3)13/h5-6H,4H2,1-3H3,(H,12,13)/b11-7-. The molecule has 0 aromatic carbocycles. The van der Waals surface area contributed by atoms with E-state index in [-0.39, 0.29) is 5.91 Å². The zero-order valence-corrected chi connectivity index (χ0v) is 9.44. The van der Waals surface area contributed by atoms with Crippen molar-refractivity contribution in [2.24, 2.45) is 5.10 Å². The summed E-state index contributed by atoms with van der Waals surface area (Å²) in [5.41, 5.74) is 3.28. The van der Waals surface area contributed by atoms with E-state index >= 15 is 0 Å². The van der Waals surface area contributed by atoms with Crippen molar-refractivity contribution in [3.8, 4) is 0 Å². The van der Waals surface area contributed by atoms with Crippen molar-refractivity contribution in [3.05, 3.63) is 21.9 Å². The quantitative estimate of drug-likeness (QED) is 0.603. The summed E-state index contributed by atoms with van der Waals surface area (Å²) < 4.78 is 0. The van der Waals surface area contributed by atoms with Gasteiger partial charge < -0.3 is 0 Å². The van der Waals surface area contributed by atoms with Crippen LogP contribution in [0.5, 0.6) is 0 Å². The molecule has 1 heterocycles. The molecule has 0 aliphatic rings. The van der Waals surface area contributed by atoms with E-state index in [0.29, 0.717) is 0 Å². The van der Waals surface area contributed by atoms with Crippen molar-refractivity contribution < 1.29 is 4.79 Å². The van der Waals surface area contributed by atoms with Crippen molar-refractivity contribution in [2.45, 2.75) is 27.2 Å². The monoisotopic (exact) mass is 210 g/mol. The van der Waals surface area contributed by atoms with Crippen LogP contribution in [-0.4, -0.2) is 11.6 Å². The minimum atomic E-state index is -0.142. The maximum Gasteiger partial charge on any atom is 0.236 e. The average Bonchev–Trinajstić information content (AvgIpc) is 2.62. The minimum Gasteiger partial charge on any atom is -0.274 e. The van der Waals surface area contributed by atoms with Crippen molar-refractivity contribution in [2.75, 3.05) is 0 Å². The summed E-state index contributed by atoms with van der Waals surface area (Å²) in [4.78, 5) is 13.1. The summed E-state index contributed by atoms with van der Waals surface area (Å²) in [6, 6.07) is 4.12. The molecule has 1 aromatic heterocycles. The number of carbonyl (C=O) groups is 1. The Morgan fingerprint density at radius 3 is 2.71 bits per heavy atom. The van der Waals surface area contributed by atoms with Gasteiger partial charge in [0.1, 0.15) is 0 Å². The van der Waals surface area contributed by atoms with Crippen LogP contribution in [0.1, 0.15) is 30.5 Å². The predicted molar refractivity (Wildman–Crippen MR) is 59.7 cm³/mol. The Bertz CT molecular complexity index is 355. The first kappa shape index (κ1) is 10.9. The van der Waals surface area contributed by atoms with Crippen LogP contribution in [0.15, 0.2) is 17.2 Å². The fraction of sp³-hybridized carbons (Fsp3) is 0.400. The van der Waals surface area contributed by atoms with Gasteiger partial charge in [-0.05, 0) is 25.5 Å². The third-order valence-electron chi connectivity index (χ3n) is 1.75. The summed E-state index contributed by atoms with van der Waals surface area (Å²) in [5, 5.41) is 3.97. The van der Waals surface area contributed by atoms with E-state index in [2.05, 4.69) is 23.5 Å². The highest BCUT2D eigenvalue weighted by atomic mass is 32.1. The molecule has 1 aromatic rings. The lowest BCUT2D eigenvalue weighted by atomic mass is 10.3. The average molecular weight is 210 g/mol. The van der Waals surface area contributed by atoms with Crippen LogP contribution in [0.4, 0.5) is 0 Å². The fourth-order valence-electron chi connectivity index (χ4n) is 0.980. The Labute approximate surface area is 87.8 Å². The molecule has 3 nitrogen and oxygen atoms in total. The van der Waals surface area contributed by atoms with Crippen LogP contribution in [0, 0.1) is 0 Å². The van der Waals surface area contributed by atoms with Crippen LogP contribution in [-0.2, 0) is 11.2 Å². The van der Waals surface area contributed by atoms with Crippen molar-refractivity contribution in [1.82, 2.24) is 5.43 Å². The Morgan fingerprint density at radius 2 is 2.21 bits per heavy atom. The fourth-order valence-corrected chi connectivity index (χ4v) is 1.87. The molecule has 1 rings (SSSR count). The summed E-state index contributed by atoms with van der Waals surface area (Å²) >= 11 is 1.71. The van der Waals surface area contributed by atoms with E-state index in [1.807, 2.05) is 13.0 Å². The van der Waals surface area contributed by atoms with E-state index in [9.17, 15) is 4.79 Å². The van der Waals surface area contributed by atoms with Crippen LogP contribution in [0.2, 0.25) is 0 Å². The predicted octanol–water partition coefficient (Wildman–Crippen LogP) is 2.17. The molecule has 0 bridgehead atoms. The lowest BCUT2D eigenvalue weighted by molar-refractivity contribution is -0.118. The smallest absolute Gasteiger partial charge is 0.236 e. The molecule has 0 saturated carbocycles. The van der Waals surface area contributed by atoms with E-state index in [0.717, 1.165) is 17.0 Å². The minimum absolute atomic E-state index is 0.142. The third-order valence-corrected chi connectivity index (χ3v) is 3.09. The summed E-state index contributed by atoms with van der Waals surface area (Å²) in [7, 11) is 0. The Kier molecular flexibility index (Phi) is 3.83. The van der Waals surface area contributed by atoms with E-state index < -0.39 is 0 Å². The lowest BCUT2D eigenvalue weighted by Gasteiger charge is -1.96. The van der Waals surface area contributed by atoms with Crippen molar-refractivity contribution >= 4 is 23.0 Å². The van der Waals surface area contributed by atoms with Crippen molar-refractivity contribution in [1.29, 1.82) is 0 Å². The lowest BCUT2D eigenvalue weighted by Crippen LogP contribution is -2.14. The highest BCUT2D eigenvalue weighted by Gasteiger charge is 2.01. The van der Waals surface area contributed by atoms with E-state index in [1.165, 1.54) is 11.8 Å². The van der Waals surface area contributed by atoms with E-state index in [1.54, 1.807) is 11.3 Å². The second-order valence-corrected chi connectivity index (χ2v) is 4.15. The number of aryl methyl sites for hydroxylation is 1. The molecule has 0 saturated heterocycles. The van der Waals surface area contributed by atoms with Gasteiger partial charge in [-0.2, -0.15) is 5.10 Å². The number of thiophene rings is 1. The zero-order valence-electron chi connectivity index (χ0n) is 8.63.